The number of aromatic nitrogens is 1. The van der Waals surface area contributed by atoms with Crippen molar-refractivity contribution in [3.05, 3.63) is 88.6 Å². The number of benzene rings is 2. The SMILES string of the molecule is COc1ccc(C(=O)N[C@@H](C)c2ccc(NC(=O)OCc3ccc(Cl)cc3)cc2)cn1. The Labute approximate surface area is 185 Å². The van der Waals surface area contributed by atoms with E-state index in [0.717, 1.165) is 11.1 Å². The molecule has 31 heavy (non-hydrogen) atoms. The number of amides is 2. The minimum absolute atomic E-state index is 0.143. The second-order valence-electron chi connectivity index (χ2n) is 6.73. The molecule has 0 bridgehead atoms. The van der Waals surface area contributed by atoms with Crippen LogP contribution in [0.2, 0.25) is 5.02 Å². The Balaban J connectivity index is 1.50. The Hall–Kier alpha value is -3.58. The molecule has 0 aliphatic rings. The molecule has 7 nitrogen and oxygen atoms in total. The molecule has 0 fully saturated rings. The molecular formula is C23H22ClN3O4. The van der Waals surface area contributed by atoms with Crippen molar-refractivity contribution in [3.63, 3.8) is 0 Å². The van der Waals surface area contributed by atoms with Gasteiger partial charge in [-0.05, 0) is 48.4 Å². The molecule has 2 N–H and O–H groups in total. The van der Waals surface area contributed by atoms with E-state index in [-0.39, 0.29) is 18.6 Å². The standard InChI is InChI=1S/C23H22ClN3O4/c1-15(26-22(28)18-7-12-21(30-2)25-13-18)17-5-10-20(11-6-17)27-23(29)31-14-16-3-8-19(24)9-4-16/h3-13,15H,14H2,1-2H3,(H,26,28)(H,27,29)/t15-/m0/s1. The van der Waals surface area contributed by atoms with Gasteiger partial charge < -0.3 is 14.8 Å². The van der Waals surface area contributed by atoms with Crippen molar-refractivity contribution in [1.82, 2.24) is 10.3 Å². The monoisotopic (exact) mass is 439 g/mol. The summed E-state index contributed by atoms with van der Waals surface area (Å²) in [6.07, 6.45) is 0.903. The lowest BCUT2D eigenvalue weighted by molar-refractivity contribution is 0.0939. The maximum atomic E-state index is 12.4. The summed E-state index contributed by atoms with van der Waals surface area (Å²) in [4.78, 5) is 28.4. The molecule has 3 rings (SSSR count). The van der Waals surface area contributed by atoms with Gasteiger partial charge in [-0.2, -0.15) is 0 Å². The van der Waals surface area contributed by atoms with Crippen LogP contribution < -0.4 is 15.4 Å². The third-order valence-corrected chi connectivity index (χ3v) is 4.75. The van der Waals surface area contributed by atoms with Crippen LogP contribution in [0, 0.1) is 0 Å². The van der Waals surface area contributed by atoms with Crippen molar-refractivity contribution < 1.29 is 19.1 Å². The molecule has 1 atom stereocenters. The van der Waals surface area contributed by atoms with Crippen molar-refractivity contribution >= 4 is 29.3 Å². The van der Waals surface area contributed by atoms with Gasteiger partial charge in [-0.15, -0.1) is 0 Å². The number of nitrogens with zero attached hydrogens (tertiary/aromatic N) is 1. The average molecular weight is 440 g/mol. The van der Waals surface area contributed by atoms with Gasteiger partial charge in [0.2, 0.25) is 5.88 Å². The van der Waals surface area contributed by atoms with Crippen LogP contribution in [0.1, 0.15) is 34.5 Å². The molecule has 0 spiro atoms. The molecule has 0 unspecified atom stereocenters. The van der Waals surface area contributed by atoms with Crippen LogP contribution in [-0.2, 0) is 11.3 Å². The van der Waals surface area contributed by atoms with Gasteiger partial charge >= 0.3 is 6.09 Å². The van der Waals surface area contributed by atoms with Crippen molar-refractivity contribution in [1.29, 1.82) is 0 Å². The molecule has 0 aliphatic heterocycles. The summed E-state index contributed by atoms with van der Waals surface area (Å²) in [5.74, 6) is 0.204. The van der Waals surface area contributed by atoms with Crippen LogP contribution in [0.15, 0.2) is 66.9 Å². The van der Waals surface area contributed by atoms with E-state index in [9.17, 15) is 9.59 Å². The number of hydrogen-bond donors (Lipinski definition) is 2. The van der Waals surface area contributed by atoms with Crippen molar-refractivity contribution in [2.24, 2.45) is 0 Å². The smallest absolute Gasteiger partial charge is 0.411 e. The molecule has 2 aromatic carbocycles. The highest BCUT2D eigenvalue weighted by Crippen LogP contribution is 2.18. The number of ether oxygens (including phenoxy) is 2. The summed E-state index contributed by atoms with van der Waals surface area (Å²) < 4.78 is 10.2. The van der Waals surface area contributed by atoms with E-state index in [1.54, 1.807) is 48.5 Å². The lowest BCUT2D eigenvalue weighted by Crippen LogP contribution is -2.26. The minimum Gasteiger partial charge on any atom is -0.481 e. The number of methoxy groups -OCH3 is 1. The first-order valence-corrected chi connectivity index (χ1v) is 9.91. The predicted molar refractivity (Wildman–Crippen MR) is 118 cm³/mol. The maximum absolute atomic E-state index is 12.4. The number of pyridine rings is 1. The first-order valence-electron chi connectivity index (χ1n) is 9.53. The van der Waals surface area contributed by atoms with Gasteiger partial charge in [0.25, 0.3) is 5.91 Å². The van der Waals surface area contributed by atoms with Gasteiger partial charge in [0.15, 0.2) is 0 Å². The molecule has 3 aromatic rings. The number of nitrogens with one attached hydrogen (secondary N) is 2. The fourth-order valence-electron chi connectivity index (χ4n) is 2.74. The van der Waals surface area contributed by atoms with E-state index in [0.29, 0.717) is 22.2 Å². The van der Waals surface area contributed by atoms with Gasteiger partial charge in [-0.1, -0.05) is 35.9 Å². The van der Waals surface area contributed by atoms with Gasteiger partial charge in [0, 0.05) is 23.0 Å². The van der Waals surface area contributed by atoms with Crippen LogP contribution >= 0.6 is 11.6 Å². The molecule has 160 valence electrons. The topological polar surface area (TPSA) is 89.6 Å². The second kappa shape index (κ2) is 10.4. The zero-order valence-electron chi connectivity index (χ0n) is 17.1. The number of halogens is 1. The fourth-order valence-corrected chi connectivity index (χ4v) is 2.86. The minimum atomic E-state index is -0.559. The van der Waals surface area contributed by atoms with Gasteiger partial charge in [-0.3, -0.25) is 10.1 Å². The summed E-state index contributed by atoms with van der Waals surface area (Å²) >= 11 is 5.84. The lowest BCUT2D eigenvalue weighted by Gasteiger charge is -2.15. The molecular weight excluding hydrogens is 418 g/mol. The predicted octanol–water partition coefficient (Wildman–Crippen LogP) is 4.98. The van der Waals surface area contributed by atoms with Crippen LogP contribution in [0.4, 0.5) is 10.5 Å². The first kappa shape index (κ1) is 22.1. The van der Waals surface area contributed by atoms with Crippen molar-refractivity contribution in [2.45, 2.75) is 19.6 Å². The Morgan fingerprint density at radius 1 is 1.03 bits per heavy atom. The van der Waals surface area contributed by atoms with E-state index >= 15 is 0 Å². The first-order chi connectivity index (χ1) is 14.9. The van der Waals surface area contributed by atoms with Crippen LogP contribution in [0.5, 0.6) is 5.88 Å². The van der Waals surface area contributed by atoms with E-state index < -0.39 is 6.09 Å². The number of rotatable bonds is 7. The normalized spacial score (nSPS) is 11.3. The third-order valence-electron chi connectivity index (χ3n) is 4.50. The van der Waals surface area contributed by atoms with Crippen molar-refractivity contribution in [3.8, 4) is 5.88 Å². The Morgan fingerprint density at radius 3 is 2.35 bits per heavy atom. The number of carbonyl (C=O) groups is 2. The molecule has 0 radical (unpaired) electrons. The molecule has 1 heterocycles. The highest BCUT2D eigenvalue weighted by molar-refractivity contribution is 6.30. The zero-order valence-corrected chi connectivity index (χ0v) is 17.8. The third kappa shape index (κ3) is 6.45. The summed E-state index contributed by atoms with van der Waals surface area (Å²) in [5.41, 5.74) is 2.75. The molecule has 0 saturated carbocycles. The maximum Gasteiger partial charge on any atom is 0.411 e. The Kier molecular flexibility index (Phi) is 7.45. The fraction of sp³-hybridized carbons (Fsp3) is 0.174. The quantitative estimate of drug-likeness (QED) is 0.541. The summed E-state index contributed by atoms with van der Waals surface area (Å²) in [7, 11) is 1.52. The van der Waals surface area contributed by atoms with E-state index in [2.05, 4.69) is 15.6 Å². The van der Waals surface area contributed by atoms with E-state index in [1.807, 2.05) is 19.1 Å². The Bertz CT molecular complexity index is 1020. The Morgan fingerprint density at radius 2 is 1.74 bits per heavy atom. The summed E-state index contributed by atoms with van der Waals surface area (Å²) in [6.45, 7) is 2.02. The van der Waals surface area contributed by atoms with Crippen molar-refractivity contribution in [2.75, 3.05) is 12.4 Å². The molecule has 0 saturated heterocycles. The second-order valence-corrected chi connectivity index (χ2v) is 7.17. The average Bonchev–Trinajstić information content (AvgIpc) is 2.79. The van der Waals surface area contributed by atoms with Gasteiger partial charge in [-0.25, -0.2) is 9.78 Å². The van der Waals surface area contributed by atoms with E-state index in [1.165, 1.54) is 13.3 Å². The van der Waals surface area contributed by atoms with Crippen LogP contribution in [0.25, 0.3) is 0 Å². The van der Waals surface area contributed by atoms with Crippen LogP contribution in [-0.4, -0.2) is 24.1 Å². The van der Waals surface area contributed by atoms with E-state index in [4.69, 9.17) is 21.1 Å². The lowest BCUT2D eigenvalue weighted by atomic mass is 10.1. The number of carbonyl (C=O) groups excluding carboxylic acids is 2. The highest BCUT2D eigenvalue weighted by Gasteiger charge is 2.12. The van der Waals surface area contributed by atoms with Gasteiger partial charge in [0.05, 0.1) is 18.7 Å². The number of hydrogen-bond acceptors (Lipinski definition) is 5. The molecule has 1 aromatic heterocycles. The molecule has 2 amide bonds. The molecule has 8 heteroatoms. The summed E-state index contributed by atoms with van der Waals surface area (Å²) in [5, 5.41) is 6.21. The number of anilines is 1. The largest absolute Gasteiger partial charge is 0.481 e. The molecule has 0 aliphatic carbocycles. The zero-order chi connectivity index (χ0) is 22.2. The van der Waals surface area contributed by atoms with Crippen LogP contribution in [0.3, 0.4) is 0 Å². The highest BCUT2D eigenvalue weighted by atomic mass is 35.5. The summed E-state index contributed by atoms with van der Waals surface area (Å²) in [6, 6.07) is 17.3. The van der Waals surface area contributed by atoms with Gasteiger partial charge in [0.1, 0.15) is 6.61 Å².